The van der Waals surface area contributed by atoms with E-state index in [0.29, 0.717) is 0 Å². The van der Waals surface area contributed by atoms with Crippen LogP contribution in [-0.2, 0) is 0 Å². The molecule has 0 fully saturated rings. The van der Waals surface area contributed by atoms with Crippen molar-refractivity contribution in [2.45, 2.75) is 17.4 Å². The van der Waals surface area contributed by atoms with E-state index in [0.717, 1.165) is 23.4 Å². The molecule has 1 aliphatic heterocycles. The highest BCUT2D eigenvalue weighted by Gasteiger charge is 2.18. The van der Waals surface area contributed by atoms with E-state index in [1.54, 1.807) is 0 Å². The van der Waals surface area contributed by atoms with Crippen molar-refractivity contribution in [3.8, 4) is 0 Å². The van der Waals surface area contributed by atoms with E-state index in [9.17, 15) is 0 Å². The normalized spacial score (nSPS) is 21.9. The van der Waals surface area contributed by atoms with E-state index in [4.69, 9.17) is 11.5 Å². The van der Waals surface area contributed by atoms with Crippen LogP contribution in [0.3, 0.4) is 0 Å². The number of nitrogens with two attached hydrogens (primary N) is 2. The van der Waals surface area contributed by atoms with Gasteiger partial charge in [-0.2, -0.15) is 0 Å². The lowest BCUT2D eigenvalue weighted by molar-refractivity contribution is 0.683. The van der Waals surface area contributed by atoms with Gasteiger partial charge >= 0.3 is 0 Å². The van der Waals surface area contributed by atoms with Crippen molar-refractivity contribution in [1.29, 1.82) is 0 Å². The summed E-state index contributed by atoms with van der Waals surface area (Å²) in [5.41, 5.74) is 13.8. The average Bonchev–Trinajstić information content (AvgIpc) is 2.04. The Kier molecular flexibility index (Phi) is 1.98. The maximum absolute atomic E-state index is 5.95. The van der Waals surface area contributed by atoms with E-state index >= 15 is 0 Å². The predicted octanol–water partition coefficient (Wildman–Crippen LogP) is 1.76. The zero-order chi connectivity index (χ0) is 8.55. The summed E-state index contributed by atoms with van der Waals surface area (Å²) in [7, 11) is 0. The number of hydrogen-bond donors (Lipinski definition) is 2. The van der Waals surface area contributed by atoms with Gasteiger partial charge in [0, 0.05) is 22.2 Å². The first-order chi connectivity index (χ1) is 5.79. The van der Waals surface area contributed by atoms with Crippen molar-refractivity contribution in [2.24, 2.45) is 5.73 Å². The molecule has 4 N–H and O–H groups in total. The minimum atomic E-state index is 0.141. The van der Waals surface area contributed by atoms with Gasteiger partial charge in [0.05, 0.1) is 0 Å². The SMILES string of the molecule is Nc1cccc2c1[C@@H](N)CCS2. The molecule has 0 saturated heterocycles. The van der Waals surface area contributed by atoms with Crippen molar-refractivity contribution in [3.63, 3.8) is 0 Å². The van der Waals surface area contributed by atoms with Crippen molar-refractivity contribution >= 4 is 17.4 Å². The van der Waals surface area contributed by atoms with Crippen LogP contribution in [0.5, 0.6) is 0 Å². The number of hydrogen-bond acceptors (Lipinski definition) is 3. The topological polar surface area (TPSA) is 52.0 Å². The Labute approximate surface area is 76.3 Å². The van der Waals surface area contributed by atoms with E-state index < -0.39 is 0 Å². The van der Waals surface area contributed by atoms with Gasteiger partial charge < -0.3 is 11.5 Å². The van der Waals surface area contributed by atoms with Crippen LogP contribution in [0.2, 0.25) is 0 Å². The smallest absolute Gasteiger partial charge is 0.0373 e. The number of anilines is 1. The Morgan fingerprint density at radius 3 is 3.00 bits per heavy atom. The minimum Gasteiger partial charge on any atom is -0.398 e. The minimum absolute atomic E-state index is 0.141. The maximum Gasteiger partial charge on any atom is 0.0373 e. The quantitative estimate of drug-likeness (QED) is 0.598. The molecule has 1 atom stereocenters. The third-order valence-corrected chi connectivity index (χ3v) is 3.26. The summed E-state index contributed by atoms with van der Waals surface area (Å²) in [5, 5.41) is 0. The fourth-order valence-corrected chi connectivity index (χ4v) is 2.72. The van der Waals surface area contributed by atoms with Crippen LogP contribution in [0.15, 0.2) is 23.1 Å². The average molecular weight is 180 g/mol. The number of thioether (sulfide) groups is 1. The second kappa shape index (κ2) is 2.99. The Morgan fingerprint density at radius 2 is 2.25 bits per heavy atom. The standard InChI is InChI=1S/C9H12N2S/c10-6-2-1-3-8-9(6)7(11)4-5-12-8/h1-3,7H,4-5,10-11H2/t7-/m0/s1. The molecule has 0 unspecified atom stereocenters. The van der Waals surface area contributed by atoms with Crippen LogP contribution in [0.1, 0.15) is 18.0 Å². The van der Waals surface area contributed by atoms with Gasteiger partial charge in [0.15, 0.2) is 0 Å². The van der Waals surface area contributed by atoms with E-state index in [1.165, 1.54) is 4.90 Å². The molecule has 1 aliphatic rings. The van der Waals surface area contributed by atoms with Crippen LogP contribution >= 0.6 is 11.8 Å². The fourth-order valence-electron chi connectivity index (χ4n) is 1.52. The summed E-state index contributed by atoms with van der Waals surface area (Å²) in [6, 6.07) is 6.14. The molecule has 1 aromatic carbocycles. The fraction of sp³-hybridized carbons (Fsp3) is 0.333. The molecule has 0 spiro atoms. The summed E-state index contributed by atoms with van der Waals surface area (Å²) in [5.74, 6) is 1.11. The van der Waals surface area contributed by atoms with E-state index in [2.05, 4.69) is 6.07 Å². The highest BCUT2D eigenvalue weighted by molar-refractivity contribution is 7.99. The summed E-state index contributed by atoms with van der Waals surface area (Å²) in [6.07, 6.45) is 1.03. The predicted molar refractivity (Wildman–Crippen MR) is 53.1 cm³/mol. The second-order valence-electron chi connectivity index (χ2n) is 3.00. The molecular weight excluding hydrogens is 168 g/mol. The molecule has 64 valence electrons. The molecule has 0 saturated carbocycles. The Bertz CT molecular complexity index is 299. The lowest BCUT2D eigenvalue weighted by atomic mass is 10.0. The zero-order valence-electron chi connectivity index (χ0n) is 6.79. The van der Waals surface area contributed by atoms with Gasteiger partial charge in [-0.05, 0) is 24.3 Å². The zero-order valence-corrected chi connectivity index (χ0v) is 7.60. The number of benzene rings is 1. The van der Waals surface area contributed by atoms with Gasteiger partial charge in [-0.3, -0.25) is 0 Å². The lowest BCUT2D eigenvalue weighted by Crippen LogP contribution is -2.17. The largest absolute Gasteiger partial charge is 0.398 e. The molecule has 0 bridgehead atoms. The van der Waals surface area contributed by atoms with Gasteiger partial charge in [-0.15, -0.1) is 11.8 Å². The van der Waals surface area contributed by atoms with Crippen molar-refractivity contribution < 1.29 is 0 Å². The molecule has 2 nitrogen and oxygen atoms in total. The van der Waals surface area contributed by atoms with E-state index in [-0.39, 0.29) is 6.04 Å². The lowest BCUT2D eigenvalue weighted by Gasteiger charge is -2.22. The Balaban J connectivity index is 2.53. The molecule has 12 heavy (non-hydrogen) atoms. The summed E-state index contributed by atoms with van der Waals surface area (Å²) in [4.78, 5) is 1.26. The molecule has 2 rings (SSSR count). The first-order valence-electron chi connectivity index (χ1n) is 4.06. The second-order valence-corrected chi connectivity index (χ2v) is 4.14. The molecule has 0 amide bonds. The molecule has 0 aliphatic carbocycles. The summed E-state index contributed by atoms with van der Waals surface area (Å²) in [6.45, 7) is 0. The van der Waals surface area contributed by atoms with Crippen LogP contribution < -0.4 is 11.5 Å². The Hall–Kier alpha value is -0.670. The third kappa shape index (κ3) is 1.19. The van der Waals surface area contributed by atoms with E-state index in [1.807, 2.05) is 23.9 Å². The molecule has 1 heterocycles. The summed E-state index contributed by atoms with van der Waals surface area (Å²) >= 11 is 1.85. The third-order valence-electron chi connectivity index (χ3n) is 2.16. The highest BCUT2D eigenvalue weighted by Crippen LogP contribution is 2.37. The maximum atomic E-state index is 5.95. The van der Waals surface area contributed by atoms with Crippen molar-refractivity contribution in [1.82, 2.24) is 0 Å². The van der Waals surface area contributed by atoms with Crippen LogP contribution in [0, 0.1) is 0 Å². The first kappa shape index (κ1) is 7.95. The Morgan fingerprint density at radius 1 is 1.42 bits per heavy atom. The van der Waals surface area contributed by atoms with Gasteiger partial charge in [0.25, 0.3) is 0 Å². The number of nitrogen functional groups attached to an aromatic ring is 1. The van der Waals surface area contributed by atoms with Crippen molar-refractivity contribution in [2.75, 3.05) is 11.5 Å². The number of fused-ring (bicyclic) bond motifs is 1. The highest BCUT2D eigenvalue weighted by atomic mass is 32.2. The van der Waals surface area contributed by atoms with Gasteiger partial charge in [0.1, 0.15) is 0 Å². The van der Waals surface area contributed by atoms with Crippen LogP contribution in [-0.4, -0.2) is 5.75 Å². The number of rotatable bonds is 0. The molecule has 0 radical (unpaired) electrons. The molecule has 1 aromatic rings. The molecule has 3 heteroatoms. The first-order valence-corrected chi connectivity index (χ1v) is 5.04. The van der Waals surface area contributed by atoms with Crippen LogP contribution in [0.4, 0.5) is 5.69 Å². The van der Waals surface area contributed by atoms with Gasteiger partial charge in [-0.25, -0.2) is 0 Å². The monoisotopic (exact) mass is 180 g/mol. The molecular formula is C9H12N2S. The van der Waals surface area contributed by atoms with Crippen LogP contribution in [0.25, 0.3) is 0 Å². The molecule has 0 aromatic heterocycles. The van der Waals surface area contributed by atoms with Gasteiger partial charge in [0.2, 0.25) is 0 Å². The summed E-state index contributed by atoms with van der Waals surface area (Å²) < 4.78 is 0. The van der Waals surface area contributed by atoms with Crippen molar-refractivity contribution in [3.05, 3.63) is 23.8 Å². The van der Waals surface area contributed by atoms with Gasteiger partial charge in [-0.1, -0.05) is 6.07 Å².